The summed E-state index contributed by atoms with van der Waals surface area (Å²) in [6, 6.07) is 11.7. The van der Waals surface area contributed by atoms with E-state index in [4.69, 9.17) is 0 Å². The molecule has 0 saturated heterocycles. The molecule has 1 saturated carbocycles. The molecule has 1 aromatic rings. The Kier molecular flexibility index (Phi) is 6.43. The second kappa shape index (κ2) is 8.37. The normalized spacial score (nSPS) is 16.5. The van der Waals surface area contributed by atoms with Crippen LogP contribution in [-0.4, -0.2) is 12.6 Å². The largest absolute Gasteiger partial charge is 0.314 e. The van der Waals surface area contributed by atoms with Gasteiger partial charge in [0, 0.05) is 6.04 Å². The molecule has 1 unspecified atom stereocenters. The van der Waals surface area contributed by atoms with Crippen LogP contribution in [0.25, 0.3) is 0 Å². The minimum Gasteiger partial charge on any atom is -0.314 e. The molecule has 2 rings (SSSR count). The van der Waals surface area contributed by atoms with Crippen LogP contribution in [-0.2, 0) is 6.42 Å². The maximum atomic E-state index is 3.74. The van der Waals surface area contributed by atoms with E-state index in [2.05, 4.69) is 42.6 Å². The van der Waals surface area contributed by atoms with Crippen LogP contribution in [0.15, 0.2) is 30.3 Å². The van der Waals surface area contributed by atoms with Gasteiger partial charge in [-0.1, -0.05) is 50.1 Å². The highest BCUT2D eigenvalue weighted by molar-refractivity contribution is 5.14. The van der Waals surface area contributed by atoms with E-state index in [-0.39, 0.29) is 0 Å². The van der Waals surface area contributed by atoms with Crippen molar-refractivity contribution < 1.29 is 0 Å². The summed E-state index contributed by atoms with van der Waals surface area (Å²) in [5.41, 5.74) is 1.49. The average molecular weight is 259 g/mol. The van der Waals surface area contributed by atoms with E-state index in [1.54, 1.807) is 0 Å². The molecule has 0 bridgehead atoms. The van der Waals surface area contributed by atoms with Crippen molar-refractivity contribution in [3.8, 4) is 0 Å². The van der Waals surface area contributed by atoms with E-state index in [0.717, 1.165) is 12.0 Å². The SMILES string of the molecule is CCCNC(CCCCCc1ccccc1)C1CC1. The van der Waals surface area contributed by atoms with Crippen molar-refractivity contribution in [1.29, 1.82) is 0 Å². The van der Waals surface area contributed by atoms with Crippen molar-refractivity contribution in [2.75, 3.05) is 6.54 Å². The fourth-order valence-corrected chi connectivity index (χ4v) is 2.85. The molecule has 1 aliphatic rings. The Morgan fingerprint density at radius 1 is 1.11 bits per heavy atom. The zero-order valence-electron chi connectivity index (χ0n) is 12.4. The van der Waals surface area contributed by atoms with Crippen molar-refractivity contribution in [3.63, 3.8) is 0 Å². The molecule has 1 aromatic carbocycles. The summed E-state index contributed by atoms with van der Waals surface area (Å²) in [4.78, 5) is 0. The molecule has 1 atom stereocenters. The second-order valence-corrected chi connectivity index (χ2v) is 5.98. The van der Waals surface area contributed by atoms with Crippen molar-refractivity contribution in [3.05, 3.63) is 35.9 Å². The summed E-state index contributed by atoms with van der Waals surface area (Å²) in [5, 5.41) is 3.74. The third-order valence-corrected chi connectivity index (χ3v) is 4.17. The standard InChI is InChI=1S/C18H29N/c1-2-15-19-18(17-13-14-17)12-8-4-7-11-16-9-5-3-6-10-16/h3,5-6,9-10,17-19H,2,4,7-8,11-15H2,1H3. The predicted octanol–water partition coefficient (Wildman–Crippen LogP) is 4.57. The van der Waals surface area contributed by atoms with Crippen molar-refractivity contribution in [1.82, 2.24) is 5.32 Å². The molecule has 19 heavy (non-hydrogen) atoms. The number of benzene rings is 1. The summed E-state index contributed by atoms with van der Waals surface area (Å²) >= 11 is 0. The van der Waals surface area contributed by atoms with Gasteiger partial charge in [0.05, 0.1) is 0 Å². The third kappa shape index (κ3) is 5.78. The Hall–Kier alpha value is -0.820. The van der Waals surface area contributed by atoms with Gasteiger partial charge in [-0.05, 0) is 56.6 Å². The Morgan fingerprint density at radius 2 is 1.89 bits per heavy atom. The maximum absolute atomic E-state index is 3.74. The van der Waals surface area contributed by atoms with E-state index in [1.807, 2.05) is 0 Å². The minimum atomic E-state index is 0.816. The highest BCUT2D eigenvalue weighted by Crippen LogP contribution is 2.34. The molecule has 1 heteroatoms. The van der Waals surface area contributed by atoms with E-state index < -0.39 is 0 Å². The molecule has 1 fully saturated rings. The molecular weight excluding hydrogens is 230 g/mol. The maximum Gasteiger partial charge on any atom is 0.00953 e. The zero-order chi connectivity index (χ0) is 13.3. The Bertz CT molecular complexity index is 329. The van der Waals surface area contributed by atoms with Gasteiger partial charge in [-0.15, -0.1) is 0 Å². The molecule has 1 aliphatic carbocycles. The van der Waals surface area contributed by atoms with Gasteiger partial charge in [-0.25, -0.2) is 0 Å². The summed E-state index contributed by atoms with van der Waals surface area (Å²) in [5.74, 6) is 1.00. The van der Waals surface area contributed by atoms with Crippen LogP contribution in [0.1, 0.15) is 57.4 Å². The van der Waals surface area contributed by atoms with Crippen LogP contribution < -0.4 is 5.32 Å². The van der Waals surface area contributed by atoms with Crippen molar-refractivity contribution in [2.45, 2.75) is 64.3 Å². The highest BCUT2D eigenvalue weighted by atomic mass is 14.9. The first kappa shape index (κ1) is 14.6. The Balaban J connectivity index is 1.55. The van der Waals surface area contributed by atoms with Crippen LogP contribution in [0.3, 0.4) is 0 Å². The van der Waals surface area contributed by atoms with Crippen LogP contribution >= 0.6 is 0 Å². The summed E-state index contributed by atoms with van der Waals surface area (Å²) < 4.78 is 0. The molecule has 1 nitrogen and oxygen atoms in total. The van der Waals surface area contributed by atoms with Gasteiger partial charge in [0.15, 0.2) is 0 Å². The molecule has 106 valence electrons. The number of aryl methyl sites for hydroxylation is 1. The molecule has 0 radical (unpaired) electrons. The summed E-state index contributed by atoms with van der Waals surface area (Å²) in [6.07, 6.45) is 10.9. The monoisotopic (exact) mass is 259 g/mol. The van der Waals surface area contributed by atoms with Gasteiger partial charge in [-0.3, -0.25) is 0 Å². The van der Waals surface area contributed by atoms with E-state index in [1.165, 1.54) is 63.5 Å². The first-order valence-corrected chi connectivity index (χ1v) is 8.17. The van der Waals surface area contributed by atoms with Crippen LogP contribution in [0, 0.1) is 5.92 Å². The lowest BCUT2D eigenvalue weighted by Crippen LogP contribution is -2.31. The van der Waals surface area contributed by atoms with Gasteiger partial charge < -0.3 is 5.32 Å². The van der Waals surface area contributed by atoms with E-state index in [9.17, 15) is 0 Å². The van der Waals surface area contributed by atoms with E-state index >= 15 is 0 Å². The van der Waals surface area contributed by atoms with Crippen LogP contribution in [0.4, 0.5) is 0 Å². The predicted molar refractivity (Wildman–Crippen MR) is 83.4 cm³/mol. The lowest BCUT2D eigenvalue weighted by molar-refractivity contribution is 0.417. The zero-order valence-corrected chi connectivity index (χ0v) is 12.4. The fraction of sp³-hybridized carbons (Fsp3) is 0.667. The summed E-state index contributed by atoms with van der Waals surface area (Å²) in [6.45, 7) is 3.46. The first-order chi connectivity index (χ1) is 9.40. The third-order valence-electron chi connectivity index (χ3n) is 4.17. The minimum absolute atomic E-state index is 0.816. The van der Waals surface area contributed by atoms with Gasteiger partial charge in [0.2, 0.25) is 0 Å². The fourth-order valence-electron chi connectivity index (χ4n) is 2.85. The average Bonchev–Trinajstić information content (AvgIpc) is 3.27. The quantitative estimate of drug-likeness (QED) is 0.607. The Labute approximate surface area is 118 Å². The van der Waals surface area contributed by atoms with Crippen LogP contribution in [0.5, 0.6) is 0 Å². The number of unbranched alkanes of at least 4 members (excludes halogenated alkanes) is 2. The van der Waals surface area contributed by atoms with Gasteiger partial charge in [0.1, 0.15) is 0 Å². The molecule has 0 aromatic heterocycles. The molecular formula is C18H29N. The van der Waals surface area contributed by atoms with E-state index in [0.29, 0.717) is 0 Å². The van der Waals surface area contributed by atoms with Crippen LogP contribution in [0.2, 0.25) is 0 Å². The van der Waals surface area contributed by atoms with Crippen molar-refractivity contribution in [2.24, 2.45) is 5.92 Å². The molecule has 1 N–H and O–H groups in total. The smallest absolute Gasteiger partial charge is 0.00953 e. The van der Waals surface area contributed by atoms with Crippen molar-refractivity contribution >= 4 is 0 Å². The summed E-state index contributed by atoms with van der Waals surface area (Å²) in [7, 11) is 0. The number of hydrogen-bond acceptors (Lipinski definition) is 1. The number of rotatable bonds is 10. The number of nitrogens with one attached hydrogen (secondary N) is 1. The first-order valence-electron chi connectivity index (χ1n) is 8.17. The lowest BCUT2D eigenvalue weighted by Gasteiger charge is -2.17. The highest BCUT2D eigenvalue weighted by Gasteiger charge is 2.29. The Morgan fingerprint density at radius 3 is 2.58 bits per heavy atom. The second-order valence-electron chi connectivity index (χ2n) is 5.98. The van der Waals surface area contributed by atoms with Gasteiger partial charge >= 0.3 is 0 Å². The molecule has 0 aliphatic heterocycles. The van der Waals surface area contributed by atoms with Gasteiger partial charge in [0.25, 0.3) is 0 Å². The number of hydrogen-bond donors (Lipinski definition) is 1. The topological polar surface area (TPSA) is 12.0 Å². The molecule has 0 amide bonds. The molecule has 0 heterocycles. The van der Waals surface area contributed by atoms with Gasteiger partial charge in [-0.2, -0.15) is 0 Å². The lowest BCUT2D eigenvalue weighted by atomic mass is 10.0. The molecule has 0 spiro atoms.